The molecule has 1 rings (SSSR count). The minimum atomic E-state index is 0.407. The Morgan fingerprint density at radius 1 is 1.18 bits per heavy atom. The molecule has 1 N–H and O–H groups in total. The molecule has 98 valence electrons. The van der Waals surface area contributed by atoms with Crippen LogP contribution < -0.4 is 5.32 Å². The van der Waals surface area contributed by atoms with Crippen molar-refractivity contribution in [1.82, 2.24) is 14.1 Å². The number of unbranched alkanes of at least 4 members (excludes halogenated alkanes) is 5. The van der Waals surface area contributed by atoms with Crippen molar-refractivity contribution >= 4 is 11.7 Å². The van der Waals surface area contributed by atoms with Crippen LogP contribution in [0.3, 0.4) is 0 Å². The van der Waals surface area contributed by atoms with E-state index < -0.39 is 0 Å². The number of nitrogens with one attached hydrogen (secondary N) is 1. The van der Waals surface area contributed by atoms with Gasteiger partial charge in [-0.1, -0.05) is 52.4 Å². The molecule has 0 aliphatic rings. The molecule has 0 amide bonds. The van der Waals surface area contributed by atoms with Gasteiger partial charge in [0.1, 0.15) is 0 Å². The summed E-state index contributed by atoms with van der Waals surface area (Å²) >= 11 is 1.30. The summed E-state index contributed by atoms with van der Waals surface area (Å²) < 4.78 is 8.42. The van der Waals surface area contributed by atoms with E-state index in [0.717, 1.165) is 12.2 Å². The second kappa shape index (κ2) is 9.54. The molecule has 17 heavy (non-hydrogen) atoms. The molecule has 0 aromatic carbocycles. The Morgan fingerprint density at radius 2 is 1.94 bits per heavy atom. The van der Waals surface area contributed by atoms with E-state index in [0.29, 0.717) is 6.04 Å². The van der Waals surface area contributed by atoms with Crippen molar-refractivity contribution in [3.8, 4) is 0 Å². The van der Waals surface area contributed by atoms with Crippen molar-refractivity contribution in [3.05, 3.63) is 11.9 Å². The maximum Gasteiger partial charge on any atom is 0.0912 e. The number of nitrogens with zero attached hydrogens (tertiary/aromatic N) is 2. The third kappa shape index (κ3) is 6.13. The van der Waals surface area contributed by atoms with Crippen LogP contribution in [0.25, 0.3) is 0 Å². The first-order valence-electron chi connectivity index (χ1n) is 6.89. The molecule has 1 aromatic rings. The van der Waals surface area contributed by atoms with Crippen LogP contribution in [0.5, 0.6) is 0 Å². The quantitative estimate of drug-likeness (QED) is 0.643. The van der Waals surface area contributed by atoms with Crippen LogP contribution in [0, 0.1) is 0 Å². The Balaban J connectivity index is 2.17. The van der Waals surface area contributed by atoms with Gasteiger partial charge in [0.15, 0.2) is 0 Å². The minimum Gasteiger partial charge on any atom is -0.309 e. The van der Waals surface area contributed by atoms with E-state index in [1.165, 1.54) is 56.7 Å². The summed E-state index contributed by atoms with van der Waals surface area (Å²) in [5.41, 5.74) is 1.12. The zero-order valence-electron chi connectivity index (χ0n) is 11.1. The lowest BCUT2D eigenvalue weighted by molar-refractivity contribution is 0.470. The topological polar surface area (TPSA) is 37.8 Å². The second-order valence-corrected chi connectivity index (χ2v) is 5.06. The summed E-state index contributed by atoms with van der Waals surface area (Å²) in [6.45, 7) is 5.41. The maximum atomic E-state index is 4.33. The predicted molar refractivity (Wildman–Crippen MR) is 74.3 cm³/mol. The number of hydrogen-bond donors (Lipinski definition) is 1. The smallest absolute Gasteiger partial charge is 0.0912 e. The van der Waals surface area contributed by atoms with Gasteiger partial charge in [-0.25, -0.2) is 0 Å². The molecule has 1 aromatic heterocycles. The highest BCUT2D eigenvalue weighted by Crippen LogP contribution is 2.18. The molecule has 1 heterocycles. The average molecular weight is 255 g/mol. The van der Waals surface area contributed by atoms with E-state index in [-0.39, 0.29) is 0 Å². The van der Waals surface area contributed by atoms with E-state index in [9.17, 15) is 0 Å². The molecule has 0 saturated heterocycles. The van der Waals surface area contributed by atoms with Gasteiger partial charge in [-0.2, -0.15) is 8.75 Å². The molecule has 0 fully saturated rings. The molecule has 0 bridgehead atoms. The summed E-state index contributed by atoms with van der Waals surface area (Å²) in [7, 11) is 0. The molecular weight excluding hydrogens is 230 g/mol. The second-order valence-electron chi connectivity index (χ2n) is 4.50. The van der Waals surface area contributed by atoms with Gasteiger partial charge in [0, 0.05) is 0 Å². The van der Waals surface area contributed by atoms with E-state index in [4.69, 9.17) is 0 Å². The van der Waals surface area contributed by atoms with Gasteiger partial charge in [-0.15, -0.1) is 0 Å². The van der Waals surface area contributed by atoms with Gasteiger partial charge in [0.05, 0.1) is 29.7 Å². The Hall–Kier alpha value is -0.480. The lowest BCUT2D eigenvalue weighted by Crippen LogP contribution is -2.21. The Morgan fingerprint density at radius 3 is 2.59 bits per heavy atom. The number of rotatable bonds is 10. The first-order valence-corrected chi connectivity index (χ1v) is 7.62. The number of aromatic nitrogens is 2. The summed E-state index contributed by atoms with van der Waals surface area (Å²) in [5.74, 6) is 0. The highest BCUT2D eigenvalue weighted by molar-refractivity contribution is 6.99. The summed E-state index contributed by atoms with van der Waals surface area (Å²) in [5, 5.41) is 3.49. The molecule has 0 aliphatic carbocycles. The zero-order chi connectivity index (χ0) is 12.3. The van der Waals surface area contributed by atoms with Gasteiger partial charge in [-0.05, 0) is 13.0 Å². The SMILES string of the molecule is CCCCCCCCC(NCC)c1cnsn1. The highest BCUT2D eigenvalue weighted by Gasteiger charge is 2.12. The van der Waals surface area contributed by atoms with Crippen LogP contribution in [0.2, 0.25) is 0 Å². The fraction of sp³-hybridized carbons (Fsp3) is 0.846. The standard InChI is InChI=1S/C13H25N3S/c1-3-5-6-7-8-9-10-12(14-4-2)13-11-15-17-16-13/h11-12,14H,3-10H2,1-2H3. The van der Waals surface area contributed by atoms with E-state index in [1.807, 2.05) is 6.20 Å². The van der Waals surface area contributed by atoms with Crippen molar-refractivity contribution in [2.45, 2.75) is 64.8 Å². The van der Waals surface area contributed by atoms with Crippen molar-refractivity contribution < 1.29 is 0 Å². The van der Waals surface area contributed by atoms with Crippen molar-refractivity contribution in [3.63, 3.8) is 0 Å². The first-order chi connectivity index (χ1) is 8.38. The van der Waals surface area contributed by atoms with Gasteiger partial charge in [0.2, 0.25) is 0 Å². The molecule has 3 nitrogen and oxygen atoms in total. The number of hydrogen-bond acceptors (Lipinski definition) is 4. The molecule has 1 unspecified atom stereocenters. The fourth-order valence-electron chi connectivity index (χ4n) is 2.06. The summed E-state index contributed by atoms with van der Waals surface area (Å²) in [4.78, 5) is 0. The molecule has 0 saturated carbocycles. The van der Waals surface area contributed by atoms with Crippen LogP contribution in [-0.2, 0) is 0 Å². The lowest BCUT2D eigenvalue weighted by Gasteiger charge is -2.14. The van der Waals surface area contributed by atoms with Crippen LogP contribution in [0.1, 0.15) is 70.5 Å². The van der Waals surface area contributed by atoms with Crippen molar-refractivity contribution in [1.29, 1.82) is 0 Å². The van der Waals surface area contributed by atoms with Crippen LogP contribution in [0.15, 0.2) is 6.20 Å². The molecule has 0 aliphatic heterocycles. The summed E-state index contributed by atoms with van der Waals surface area (Å²) in [6.07, 6.45) is 11.2. The summed E-state index contributed by atoms with van der Waals surface area (Å²) in [6, 6.07) is 0.407. The molecule has 0 spiro atoms. The largest absolute Gasteiger partial charge is 0.309 e. The Kier molecular flexibility index (Phi) is 8.18. The maximum absolute atomic E-state index is 4.33. The molecule has 0 radical (unpaired) electrons. The van der Waals surface area contributed by atoms with E-state index in [1.54, 1.807) is 0 Å². The van der Waals surface area contributed by atoms with Gasteiger partial charge < -0.3 is 5.32 Å². The predicted octanol–water partition coefficient (Wildman–Crippen LogP) is 3.94. The fourth-order valence-corrected chi connectivity index (χ4v) is 2.53. The highest BCUT2D eigenvalue weighted by atomic mass is 32.1. The third-order valence-electron chi connectivity index (χ3n) is 3.03. The van der Waals surface area contributed by atoms with Crippen molar-refractivity contribution in [2.24, 2.45) is 0 Å². The Labute approximate surface area is 109 Å². The van der Waals surface area contributed by atoms with Crippen LogP contribution >= 0.6 is 11.7 Å². The normalized spacial score (nSPS) is 12.8. The van der Waals surface area contributed by atoms with Crippen LogP contribution in [0.4, 0.5) is 0 Å². The lowest BCUT2D eigenvalue weighted by atomic mass is 10.0. The van der Waals surface area contributed by atoms with Crippen LogP contribution in [-0.4, -0.2) is 15.3 Å². The Bertz CT molecular complexity index is 262. The van der Waals surface area contributed by atoms with E-state index in [2.05, 4.69) is 27.9 Å². The van der Waals surface area contributed by atoms with Gasteiger partial charge in [0.25, 0.3) is 0 Å². The third-order valence-corrected chi connectivity index (χ3v) is 3.52. The minimum absolute atomic E-state index is 0.407. The molecule has 1 atom stereocenters. The van der Waals surface area contributed by atoms with Gasteiger partial charge in [-0.3, -0.25) is 0 Å². The van der Waals surface area contributed by atoms with E-state index >= 15 is 0 Å². The van der Waals surface area contributed by atoms with Crippen molar-refractivity contribution in [2.75, 3.05) is 6.54 Å². The first kappa shape index (κ1) is 14.6. The monoisotopic (exact) mass is 255 g/mol. The zero-order valence-corrected chi connectivity index (χ0v) is 11.9. The van der Waals surface area contributed by atoms with Gasteiger partial charge >= 0.3 is 0 Å². The molecule has 4 heteroatoms. The molecular formula is C13H25N3S. The average Bonchev–Trinajstić information content (AvgIpc) is 2.86.